The van der Waals surface area contributed by atoms with Gasteiger partial charge in [-0.25, -0.2) is 9.59 Å². The van der Waals surface area contributed by atoms with Crippen LogP contribution in [0, 0.1) is 20.2 Å². The average molecular weight is 755 g/mol. The van der Waals surface area contributed by atoms with Crippen LogP contribution < -0.4 is 0 Å². The molecule has 0 amide bonds. The first kappa shape index (κ1) is 46.3. The molecule has 12 nitrogen and oxygen atoms in total. The zero-order chi connectivity index (χ0) is 39.6. The van der Waals surface area contributed by atoms with Crippen molar-refractivity contribution in [1.29, 1.82) is 0 Å². The lowest BCUT2D eigenvalue weighted by molar-refractivity contribution is -0.385. The molecule has 0 heterocycles. The number of nitro benzene ring substituents is 2. The van der Waals surface area contributed by atoms with E-state index in [9.17, 15) is 29.8 Å². The van der Waals surface area contributed by atoms with Crippen LogP contribution in [-0.2, 0) is 31.9 Å². The molecule has 0 N–H and O–H groups in total. The highest BCUT2D eigenvalue weighted by Crippen LogP contribution is 2.20. The topological polar surface area (TPSA) is 145 Å². The maximum absolute atomic E-state index is 13.6. The minimum Gasteiger partial charge on any atom is -0.438 e. The third kappa shape index (κ3) is 18.4. The summed E-state index contributed by atoms with van der Waals surface area (Å²) in [4.78, 5) is 52.9. The highest BCUT2D eigenvalue weighted by molar-refractivity contribution is 6.29. The number of benzene rings is 2. The van der Waals surface area contributed by atoms with Gasteiger partial charge < -0.3 is 9.47 Å². The Bertz CT molecular complexity index is 1250. The molecule has 2 rings (SSSR count). The van der Waals surface area contributed by atoms with Gasteiger partial charge in [-0.05, 0) is 75.3 Å². The molecule has 12 heteroatoms. The Balaban J connectivity index is 2.20. The molecule has 0 aliphatic carbocycles. The summed E-state index contributed by atoms with van der Waals surface area (Å²) >= 11 is 0. The Morgan fingerprint density at radius 1 is 0.519 bits per heavy atom. The number of ether oxygens (including phenoxy) is 2. The lowest BCUT2D eigenvalue weighted by Crippen LogP contribution is -2.44. The van der Waals surface area contributed by atoms with Gasteiger partial charge in [0.05, 0.1) is 9.85 Å². The van der Waals surface area contributed by atoms with Crippen molar-refractivity contribution in [2.45, 2.75) is 156 Å². The van der Waals surface area contributed by atoms with Crippen molar-refractivity contribution in [2.24, 2.45) is 0 Å². The second-order valence-corrected chi connectivity index (χ2v) is 14.3. The van der Waals surface area contributed by atoms with Crippen molar-refractivity contribution >= 4 is 23.3 Å². The van der Waals surface area contributed by atoms with E-state index in [-0.39, 0.29) is 11.4 Å². The quantitative estimate of drug-likeness (QED) is 0.0189. The van der Waals surface area contributed by atoms with Crippen LogP contribution in [0.2, 0.25) is 0 Å². The number of non-ortho nitro benzene ring substituents is 2. The molecule has 0 saturated carbocycles. The molecule has 2 aromatic rings. The zero-order valence-electron chi connectivity index (χ0n) is 33.4. The van der Waals surface area contributed by atoms with Gasteiger partial charge in [0, 0.05) is 50.4 Å². The Morgan fingerprint density at radius 2 is 0.870 bits per heavy atom. The molecule has 0 aliphatic heterocycles. The molecule has 0 radical (unpaired) electrons. The van der Waals surface area contributed by atoms with Crippen molar-refractivity contribution in [1.82, 2.24) is 9.80 Å². The SMILES string of the molecule is CCCCCCCN(CCC)C(CCCc1ccc([N+](=O)[O-])cc1)OC(=O)C(=O)OC(CCCc1ccc([N+](=O)[O-])cc1)N(CCC)CCCCCCC. The van der Waals surface area contributed by atoms with Crippen molar-refractivity contribution in [3.05, 3.63) is 79.9 Å². The fourth-order valence-corrected chi connectivity index (χ4v) is 6.72. The fraction of sp³-hybridized carbons (Fsp3) is 0.667. The summed E-state index contributed by atoms with van der Waals surface area (Å²) in [7, 11) is 0. The van der Waals surface area contributed by atoms with E-state index in [0.717, 1.165) is 88.4 Å². The monoisotopic (exact) mass is 754 g/mol. The smallest absolute Gasteiger partial charge is 0.419 e. The number of carbonyl (C=O) groups excluding carboxylic acids is 2. The van der Waals surface area contributed by atoms with Gasteiger partial charge in [-0.15, -0.1) is 0 Å². The van der Waals surface area contributed by atoms with Crippen LogP contribution in [-0.4, -0.2) is 70.2 Å². The molecule has 0 aromatic heterocycles. The Morgan fingerprint density at radius 3 is 1.19 bits per heavy atom. The van der Waals surface area contributed by atoms with E-state index < -0.39 is 34.2 Å². The van der Waals surface area contributed by atoms with Crippen molar-refractivity contribution in [2.75, 3.05) is 26.2 Å². The van der Waals surface area contributed by atoms with Crippen molar-refractivity contribution in [3.63, 3.8) is 0 Å². The third-order valence-corrected chi connectivity index (χ3v) is 9.71. The molecule has 0 spiro atoms. The van der Waals surface area contributed by atoms with E-state index in [1.807, 2.05) is 0 Å². The first-order chi connectivity index (χ1) is 26.1. The predicted molar refractivity (Wildman–Crippen MR) is 213 cm³/mol. The largest absolute Gasteiger partial charge is 0.438 e. The Kier molecular flexibility index (Phi) is 23.7. The number of unbranched alkanes of at least 4 members (excludes halogenated alkanes) is 8. The van der Waals surface area contributed by atoms with Crippen LogP contribution in [0.3, 0.4) is 0 Å². The molecule has 2 unspecified atom stereocenters. The highest BCUT2D eigenvalue weighted by atomic mass is 16.6. The summed E-state index contributed by atoms with van der Waals surface area (Å²) in [5.74, 6) is -2.00. The molecule has 0 bridgehead atoms. The fourth-order valence-electron chi connectivity index (χ4n) is 6.72. The summed E-state index contributed by atoms with van der Waals surface area (Å²) in [5, 5.41) is 22.2. The van der Waals surface area contributed by atoms with Crippen LogP contribution in [0.1, 0.15) is 142 Å². The summed E-state index contributed by atoms with van der Waals surface area (Å²) in [6.45, 7) is 11.5. The van der Waals surface area contributed by atoms with Gasteiger partial charge >= 0.3 is 11.9 Å². The maximum atomic E-state index is 13.6. The summed E-state index contributed by atoms with van der Waals surface area (Å²) in [5.41, 5.74) is 1.99. The van der Waals surface area contributed by atoms with Crippen LogP contribution in [0.4, 0.5) is 11.4 Å². The van der Waals surface area contributed by atoms with Crippen LogP contribution in [0.25, 0.3) is 0 Å². The first-order valence-corrected chi connectivity index (χ1v) is 20.5. The van der Waals surface area contributed by atoms with E-state index in [0.29, 0.717) is 51.6 Å². The lowest BCUT2D eigenvalue weighted by Gasteiger charge is -2.32. The van der Waals surface area contributed by atoms with Gasteiger partial charge in [-0.3, -0.25) is 30.0 Å². The first-order valence-electron chi connectivity index (χ1n) is 20.5. The van der Waals surface area contributed by atoms with Crippen LogP contribution >= 0.6 is 0 Å². The minimum atomic E-state index is -0.998. The van der Waals surface area contributed by atoms with Crippen molar-refractivity contribution < 1.29 is 28.9 Å². The van der Waals surface area contributed by atoms with Crippen LogP contribution in [0.5, 0.6) is 0 Å². The number of hydrogen-bond donors (Lipinski definition) is 0. The number of aryl methyl sites for hydroxylation is 2. The molecule has 302 valence electrons. The van der Waals surface area contributed by atoms with E-state index in [1.54, 1.807) is 24.3 Å². The Labute approximate surface area is 323 Å². The molecule has 2 aromatic carbocycles. The molecular weight excluding hydrogens is 688 g/mol. The van der Waals surface area contributed by atoms with Gasteiger partial charge in [0.2, 0.25) is 0 Å². The maximum Gasteiger partial charge on any atom is 0.419 e. The van der Waals surface area contributed by atoms with E-state index in [2.05, 4.69) is 37.5 Å². The van der Waals surface area contributed by atoms with E-state index >= 15 is 0 Å². The summed E-state index contributed by atoms with van der Waals surface area (Å²) in [6, 6.07) is 13.0. The minimum absolute atomic E-state index is 0.0416. The summed E-state index contributed by atoms with van der Waals surface area (Å²) in [6.07, 6.45) is 15.1. The lowest BCUT2D eigenvalue weighted by atomic mass is 10.1. The molecular formula is C42H66N4O8. The molecule has 0 saturated heterocycles. The zero-order valence-corrected chi connectivity index (χ0v) is 33.4. The number of hydrogen-bond acceptors (Lipinski definition) is 10. The van der Waals surface area contributed by atoms with Gasteiger partial charge in [-0.2, -0.15) is 0 Å². The van der Waals surface area contributed by atoms with Gasteiger partial charge in [0.15, 0.2) is 12.5 Å². The van der Waals surface area contributed by atoms with Gasteiger partial charge in [0.1, 0.15) is 0 Å². The molecule has 0 aliphatic rings. The van der Waals surface area contributed by atoms with E-state index in [4.69, 9.17) is 9.47 Å². The van der Waals surface area contributed by atoms with E-state index in [1.165, 1.54) is 37.1 Å². The number of nitro groups is 2. The predicted octanol–water partition coefficient (Wildman–Crippen LogP) is 9.95. The number of carbonyl (C=O) groups is 2. The Hall–Kier alpha value is -3.90. The second kappa shape index (κ2) is 27.6. The second-order valence-electron chi connectivity index (χ2n) is 14.3. The number of nitrogens with zero attached hydrogens (tertiary/aromatic N) is 4. The van der Waals surface area contributed by atoms with Gasteiger partial charge in [0.25, 0.3) is 11.4 Å². The van der Waals surface area contributed by atoms with Gasteiger partial charge in [-0.1, -0.05) is 103 Å². The number of esters is 2. The number of rotatable bonds is 30. The third-order valence-electron chi connectivity index (χ3n) is 9.71. The highest BCUT2D eigenvalue weighted by Gasteiger charge is 2.30. The molecule has 2 atom stereocenters. The van der Waals surface area contributed by atoms with Crippen LogP contribution in [0.15, 0.2) is 48.5 Å². The molecule has 54 heavy (non-hydrogen) atoms. The normalized spacial score (nSPS) is 12.5. The molecule has 0 fully saturated rings. The average Bonchev–Trinajstić information content (AvgIpc) is 3.16. The standard InChI is InChI=1S/C42H66N4O8/c1-5-9-11-13-15-33-43(31-7-3)39(21-17-19-35-23-27-37(28-24-35)45(49)50)53-41(47)42(48)54-40(44(32-8-4)34-16-14-12-10-6-2)22-18-20-36-25-29-38(30-26-36)46(51)52/h23-30,39-40H,5-22,31-34H2,1-4H3. The van der Waals surface area contributed by atoms with Crippen molar-refractivity contribution in [3.8, 4) is 0 Å². The summed E-state index contributed by atoms with van der Waals surface area (Å²) < 4.78 is 12.0.